The van der Waals surface area contributed by atoms with Crippen molar-refractivity contribution in [2.24, 2.45) is 0 Å². The van der Waals surface area contributed by atoms with Crippen LogP contribution in [0.5, 0.6) is 5.75 Å². The average molecular weight is 394 g/mol. The molecule has 0 spiro atoms. The summed E-state index contributed by atoms with van der Waals surface area (Å²) in [6.07, 6.45) is 5.19. The highest BCUT2D eigenvalue weighted by atomic mass is 127. The largest absolute Gasteiger partial charge is 0.507 e. The van der Waals surface area contributed by atoms with Gasteiger partial charge in [0.25, 0.3) is 5.91 Å². The number of carbonyl (C=O) groups is 1. The van der Waals surface area contributed by atoms with Crippen molar-refractivity contribution in [3.63, 3.8) is 0 Å². The fraction of sp³-hybridized carbons (Fsp3) is 0.500. The van der Waals surface area contributed by atoms with Crippen molar-refractivity contribution in [3.05, 3.63) is 27.3 Å². The summed E-state index contributed by atoms with van der Waals surface area (Å²) in [5, 5.41) is 12.8. The minimum absolute atomic E-state index is 0.0125. The first kappa shape index (κ1) is 14.9. The normalized spacial score (nSPS) is 18.0. The molecule has 2 N–H and O–H groups in total. The Labute approximate surface area is 131 Å². The Morgan fingerprint density at radius 1 is 1.37 bits per heavy atom. The number of benzene rings is 1. The standard InChI is InChI=1S/C14H17ClINO2/c15-9-14(6-2-1-3-7-14)17-13(19)11-8-10(16)4-5-12(11)18/h4-5,8,18H,1-3,6-7,9H2,(H,17,19). The van der Waals surface area contributed by atoms with E-state index in [0.717, 1.165) is 29.3 Å². The van der Waals surface area contributed by atoms with Crippen molar-refractivity contribution in [1.29, 1.82) is 0 Å². The Morgan fingerprint density at radius 2 is 2.05 bits per heavy atom. The number of phenols is 1. The number of nitrogens with one attached hydrogen (secondary N) is 1. The van der Waals surface area contributed by atoms with E-state index < -0.39 is 0 Å². The molecule has 1 amide bonds. The van der Waals surface area contributed by atoms with E-state index in [1.54, 1.807) is 18.2 Å². The summed E-state index contributed by atoms with van der Waals surface area (Å²) >= 11 is 8.18. The second-order valence-electron chi connectivity index (χ2n) is 5.09. The van der Waals surface area contributed by atoms with E-state index in [-0.39, 0.29) is 17.2 Å². The summed E-state index contributed by atoms with van der Waals surface area (Å²) in [5.74, 6) is 0.195. The van der Waals surface area contributed by atoms with Crippen molar-refractivity contribution in [3.8, 4) is 5.75 Å². The highest BCUT2D eigenvalue weighted by molar-refractivity contribution is 14.1. The summed E-state index contributed by atoms with van der Waals surface area (Å²) in [6, 6.07) is 5.01. The Morgan fingerprint density at radius 3 is 2.68 bits per heavy atom. The molecule has 0 unspecified atom stereocenters. The molecule has 2 rings (SSSR count). The van der Waals surface area contributed by atoms with Gasteiger partial charge in [-0.2, -0.15) is 0 Å². The van der Waals surface area contributed by atoms with Gasteiger partial charge < -0.3 is 10.4 Å². The minimum atomic E-state index is -0.315. The summed E-state index contributed by atoms with van der Waals surface area (Å²) in [5.41, 5.74) is 0.00639. The first-order chi connectivity index (χ1) is 9.06. The molecule has 0 aromatic heterocycles. The van der Waals surface area contributed by atoms with E-state index in [9.17, 15) is 9.90 Å². The molecule has 0 heterocycles. The predicted molar refractivity (Wildman–Crippen MR) is 84.8 cm³/mol. The Bertz CT molecular complexity index is 473. The molecule has 1 aliphatic rings. The molecule has 104 valence electrons. The van der Waals surface area contributed by atoms with Gasteiger partial charge in [-0.3, -0.25) is 4.79 Å². The van der Waals surface area contributed by atoms with Crippen LogP contribution in [0.4, 0.5) is 0 Å². The third-order valence-corrected chi connectivity index (χ3v) is 4.83. The SMILES string of the molecule is O=C(NC1(CCl)CCCCC1)c1cc(I)ccc1O. The number of phenolic OH excluding ortho intramolecular Hbond substituents is 1. The zero-order valence-electron chi connectivity index (χ0n) is 10.6. The van der Waals surface area contributed by atoms with Crippen molar-refractivity contribution in [2.45, 2.75) is 37.6 Å². The second kappa shape index (κ2) is 6.31. The van der Waals surface area contributed by atoms with E-state index in [0.29, 0.717) is 11.4 Å². The van der Waals surface area contributed by atoms with Gasteiger partial charge >= 0.3 is 0 Å². The van der Waals surface area contributed by atoms with Crippen LogP contribution in [0.2, 0.25) is 0 Å². The quantitative estimate of drug-likeness (QED) is 0.608. The molecule has 0 atom stereocenters. The lowest BCUT2D eigenvalue weighted by molar-refractivity contribution is 0.0882. The molecule has 1 aliphatic carbocycles. The Hall–Kier alpha value is -0.490. The van der Waals surface area contributed by atoms with E-state index >= 15 is 0 Å². The Kier molecular flexibility index (Phi) is 4.95. The van der Waals surface area contributed by atoms with Crippen LogP contribution in [0.25, 0.3) is 0 Å². The van der Waals surface area contributed by atoms with Gasteiger partial charge in [-0.05, 0) is 53.6 Å². The van der Waals surface area contributed by atoms with Crippen LogP contribution in [-0.2, 0) is 0 Å². The van der Waals surface area contributed by atoms with Gasteiger partial charge in [0, 0.05) is 9.45 Å². The average Bonchev–Trinajstić information content (AvgIpc) is 2.42. The molecule has 1 fully saturated rings. The zero-order chi connectivity index (χ0) is 13.9. The van der Waals surface area contributed by atoms with Crippen molar-refractivity contribution in [2.75, 3.05) is 5.88 Å². The Balaban J connectivity index is 2.17. The van der Waals surface area contributed by atoms with Gasteiger partial charge in [0.1, 0.15) is 5.75 Å². The molecule has 0 saturated heterocycles. The van der Waals surface area contributed by atoms with Gasteiger partial charge in [0.05, 0.1) is 11.1 Å². The number of amides is 1. The monoisotopic (exact) mass is 393 g/mol. The van der Waals surface area contributed by atoms with E-state index in [4.69, 9.17) is 11.6 Å². The topological polar surface area (TPSA) is 49.3 Å². The third kappa shape index (κ3) is 3.54. The van der Waals surface area contributed by atoms with Crippen LogP contribution >= 0.6 is 34.2 Å². The van der Waals surface area contributed by atoms with E-state index in [1.807, 2.05) is 0 Å². The molecule has 1 saturated carbocycles. The molecule has 3 nitrogen and oxygen atoms in total. The van der Waals surface area contributed by atoms with Gasteiger partial charge in [0.15, 0.2) is 0 Å². The zero-order valence-corrected chi connectivity index (χ0v) is 13.5. The predicted octanol–water partition coefficient (Wildman–Crippen LogP) is 3.67. The second-order valence-corrected chi connectivity index (χ2v) is 6.60. The van der Waals surface area contributed by atoms with Crippen LogP contribution in [0.1, 0.15) is 42.5 Å². The molecule has 5 heteroatoms. The summed E-state index contributed by atoms with van der Waals surface area (Å²) in [4.78, 5) is 12.3. The molecule has 0 aliphatic heterocycles. The summed E-state index contributed by atoms with van der Waals surface area (Å²) in [6.45, 7) is 0. The number of alkyl halides is 1. The lowest BCUT2D eigenvalue weighted by Crippen LogP contribution is -2.51. The first-order valence-electron chi connectivity index (χ1n) is 6.43. The lowest BCUT2D eigenvalue weighted by Gasteiger charge is -2.36. The highest BCUT2D eigenvalue weighted by Crippen LogP contribution is 2.30. The van der Waals surface area contributed by atoms with Crippen LogP contribution in [0, 0.1) is 3.57 Å². The van der Waals surface area contributed by atoms with Crippen LogP contribution in [0.15, 0.2) is 18.2 Å². The maximum Gasteiger partial charge on any atom is 0.255 e. The minimum Gasteiger partial charge on any atom is -0.507 e. The number of halogens is 2. The van der Waals surface area contributed by atoms with Crippen LogP contribution < -0.4 is 5.32 Å². The fourth-order valence-electron chi connectivity index (χ4n) is 2.52. The van der Waals surface area contributed by atoms with Gasteiger partial charge in [-0.25, -0.2) is 0 Å². The van der Waals surface area contributed by atoms with Crippen molar-refractivity contribution < 1.29 is 9.90 Å². The van der Waals surface area contributed by atoms with E-state index in [2.05, 4.69) is 27.9 Å². The molecule has 19 heavy (non-hydrogen) atoms. The van der Waals surface area contributed by atoms with Crippen molar-refractivity contribution in [1.82, 2.24) is 5.32 Å². The number of rotatable bonds is 3. The lowest BCUT2D eigenvalue weighted by atomic mass is 9.83. The molecule has 0 bridgehead atoms. The van der Waals surface area contributed by atoms with Crippen LogP contribution in [0.3, 0.4) is 0 Å². The summed E-state index contributed by atoms with van der Waals surface area (Å²) in [7, 11) is 0. The third-order valence-electron chi connectivity index (χ3n) is 3.65. The molecular formula is C14H17ClINO2. The first-order valence-corrected chi connectivity index (χ1v) is 8.05. The molecule has 1 aromatic rings. The number of hydrogen-bond donors (Lipinski definition) is 2. The smallest absolute Gasteiger partial charge is 0.255 e. The number of aromatic hydroxyl groups is 1. The molecule has 0 radical (unpaired) electrons. The maximum absolute atomic E-state index is 12.3. The fourth-order valence-corrected chi connectivity index (χ4v) is 3.34. The number of hydrogen-bond acceptors (Lipinski definition) is 2. The molecule has 1 aromatic carbocycles. The van der Waals surface area contributed by atoms with Gasteiger partial charge in [0.2, 0.25) is 0 Å². The maximum atomic E-state index is 12.3. The van der Waals surface area contributed by atoms with Crippen molar-refractivity contribution >= 4 is 40.1 Å². The molecular weight excluding hydrogens is 377 g/mol. The van der Waals surface area contributed by atoms with Crippen LogP contribution in [-0.4, -0.2) is 22.4 Å². The van der Waals surface area contributed by atoms with E-state index in [1.165, 1.54) is 6.42 Å². The highest BCUT2D eigenvalue weighted by Gasteiger charge is 2.33. The van der Waals surface area contributed by atoms with Gasteiger partial charge in [-0.15, -0.1) is 11.6 Å². The number of carbonyl (C=O) groups excluding carboxylic acids is 1. The van der Waals surface area contributed by atoms with Gasteiger partial charge in [-0.1, -0.05) is 19.3 Å². The summed E-state index contributed by atoms with van der Waals surface area (Å²) < 4.78 is 0.920.